The van der Waals surface area contributed by atoms with E-state index >= 15 is 0 Å². The summed E-state index contributed by atoms with van der Waals surface area (Å²) in [4.78, 5) is 0. The van der Waals surface area contributed by atoms with Crippen molar-refractivity contribution in [3.8, 4) is 0 Å². The Balaban J connectivity index is 1.92. The molecule has 84 valence electrons. The van der Waals surface area contributed by atoms with Gasteiger partial charge in [0.05, 0.1) is 6.61 Å². The second-order valence-electron chi connectivity index (χ2n) is 3.75. The van der Waals surface area contributed by atoms with Crippen LogP contribution in [0, 0.1) is 0 Å². The molecular weight excluding hydrogens is 182 g/mol. The number of nitrogens with one attached hydrogen (secondary N) is 1. The zero-order chi connectivity index (χ0) is 10.3. The lowest BCUT2D eigenvalue weighted by Crippen LogP contribution is -2.41. The molecule has 0 amide bonds. The summed E-state index contributed by atoms with van der Waals surface area (Å²) in [6.07, 6.45) is 1.73. The normalized spacial score (nSPS) is 27.0. The van der Waals surface area contributed by atoms with Crippen molar-refractivity contribution in [2.45, 2.75) is 25.4 Å². The number of rotatable bonds is 7. The van der Waals surface area contributed by atoms with Gasteiger partial charge in [-0.25, -0.2) is 0 Å². The van der Waals surface area contributed by atoms with Gasteiger partial charge >= 0.3 is 0 Å². The van der Waals surface area contributed by atoms with Gasteiger partial charge in [-0.3, -0.25) is 0 Å². The van der Waals surface area contributed by atoms with E-state index in [0.717, 1.165) is 32.6 Å². The summed E-state index contributed by atoms with van der Waals surface area (Å²) >= 11 is 0. The molecule has 1 aliphatic rings. The van der Waals surface area contributed by atoms with Gasteiger partial charge in [0.2, 0.25) is 0 Å². The molecule has 0 aromatic carbocycles. The zero-order valence-electron chi connectivity index (χ0n) is 8.92. The third kappa shape index (κ3) is 4.37. The Morgan fingerprint density at radius 2 is 2.43 bits per heavy atom. The van der Waals surface area contributed by atoms with E-state index in [0.29, 0.717) is 19.8 Å². The highest BCUT2D eigenvalue weighted by molar-refractivity contribution is 4.84. The van der Waals surface area contributed by atoms with Crippen LogP contribution in [0.4, 0.5) is 0 Å². The summed E-state index contributed by atoms with van der Waals surface area (Å²) in [5.74, 6) is 0. The van der Waals surface area contributed by atoms with E-state index < -0.39 is 5.60 Å². The molecule has 1 unspecified atom stereocenters. The SMILES string of the molecule is CCOCCCNCC1(O)CCOC1. The standard InChI is InChI=1S/C10H21NO3/c1-2-13-6-3-5-11-8-10(12)4-7-14-9-10/h11-12H,2-9H2,1H3. The maximum Gasteiger partial charge on any atom is 0.102 e. The van der Waals surface area contributed by atoms with Crippen LogP contribution >= 0.6 is 0 Å². The molecule has 0 spiro atoms. The molecule has 14 heavy (non-hydrogen) atoms. The topological polar surface area (TPSA) is 50.7 Å². The van der Waals surface area contributed by atoms with Crippen LogP contribution in [0.5, 0.6) is 0 Å². The van der Waals surface area contributed by atoms with E-state index in [9.17, 15) is 5.11 Å². The molecule has 1 rings (SSSR count). The van der Waals surface area contributed by atoms with Gasteiger partial charge in [-0.05, 0) is 19.9 Å². The predicted molar refractivity (Wildman–Crippen MR) is 54.4 cm³/mol. The number of ether oxygens (including phenoxy) is 2. The van der Waals surface area contributed by atoms with Crippen LogP contribution in [0.1, 0.15) is 19.8 Å². The first kappa shape index (κ1) is 11.9. The van der Waals surface area contributed by atoms with Gasteiger partial charge in [0, 0.05) is 32.8 Å². The van der Waals surface area contributed by atoms with Gasteiger partial charge in [0.25, 0.3) is 0 Å². The molecule has 4 nitrogen and oxygen atoms in total. The second kappa shape index (κ2) is 6.35. The molecule has 0 aromatic rings. The van der Waals surface area contributed by atoms with Crippen molar-refractivity contribution in [2.24, 2.45) is 0 Å². The van der Waals surface area contributed by atoms with Gasteiger partial charge in [-0.2, -0.15) is 0 Å². The van der Waals surface area contributed by atoms with Gasteiger partial charge in [-0.1, -0.05) is 0 Å². The van der Waals surface area contributed by atoms with Crippen molar-refractivity contribution in [3.63, 3.8) is 0 Å². The van der Waals surface area contributed by atoms with Crippen LogP contribution in [-0.4, -0.2) is 50.2 Å². The van der Waals surface area contributed by atoms with E-state index in [4.69, 9.17) is 9.47 Å². The van der Waals surface area contributed by atoms with E-state index in [1.165, 1.54) is 0 Å². The average molecular weight is 203 g/mol. The third-order valence-corrected chi connectivity index (χ3v) is 2.38. The zero-order valence-corrected chi connectivity index (χ0v) is 8.92. The van der Waals surface area contributed by atoms with Crippen LogP contribution in [0.3, 0.4) is 0 Å². The Bertz CT molecular complexity index is 146. The lowest BCUT2D eigenvalue weighted by molar-refractivity contribution is 0.0267. The van der Waals surface area contributed by atoms with E-state index in [1.54, 1.807) is 0 Å². The lowest BCUT2D eigenvalue weighted by atomic mass is 10.0. The van der Waals surface area contributed by atoms with Crippen molar-refractivity contribution in [1.29, 1.82) is 0 Å². The van der Waals surface area contributed by atoms with Gasteiger partial charge in [-0.15, -0.1) is 0 Å². The Kier molecular flexibility index (Phi) is 5.40. The van der Waals surface area contributed by atoms with Gasteiger partial charge in [0.1, 0.15) is 5.60 Å². The summed E-state index contributed by atoms with van der Waals surface area (Å²) in [6.45, 7) is 6.21. The van der Waals surface area contributed by atoms with Crippen molar-refractivity contribution >= 4 is 0 Å². The van der Waals surface area contributed by atoms with E-state index in [1.807, 2.05) is 6.92 Å². The highest BCUT2D eigenvalue weighted by Gasteiger charge is 2.31. The molecule has 1 atom stereocenters. The molecule has 0 aliphatic carbocycles. The summed E-state index contributed by atoms with van der Waals surface area (Å²) in [5, 5.41) is 13.1. The van der Waals surface area contributed by atoms with Crippen LogP contribution in [-0.2, 0) is 9.47 Å². The smallest absolute Gasteiger partial charge is 0.102 e. The fourth-order valence-corrected chi connectivity index (χ4v) is 1.50. The molecule has 1 fully saturated rings. The van der Waals surface area contributed by atoms with E-state index in [2.05, 4.69) is 5.32 Å². The summed E-state index contributed by atoms with van der Waals surface area (Å²) in [6, 6.07) is 0. The minimum absolute atomic E-state index is 0.464. The monoisotopic (exact) mass is 203 g/mol. The maximum absolute atomic E-state index is 9.88. The van der Waals surface area contributed by atoms with Crippen molar-refractivity contribution in [1.82, 2.24) is 5.32 Å². The first-order chi connectivity index (χ1) is 6.77. The van der Waals surface area contributed by atoms with Crippen LogP contribution in [0.15, 0.2) is 0 Å². The molecular formula is C10H21NO3. The lowest BCUT2D eigenvalue weighted by Gasteiger charge is -2.20. The highest BCUT2D eigenvalue weighted by Crippen LogP contribution is 2.16. The molecule has 4 heteroatoms. The van der Waals surface area contributed by atoms with Crippen molar-refractivity contribution in [3.05, 3.63) is 0 Å². The minimum Gasteiger partial charge on any atom is -0.386 e. The number of hydrogen-bond donors (Lipinski definition) is 2. The van der Waals surface area contributed by atoms with Crippen molar-refractivity contribution in [2.75, 3.05) is 39.5 Å². The van der Waals surface area contributed by atoms with Crippen LogP contribution in [0.2, 0.25) is 0 Å². The predicted octanol–water partition coefficient (Wildman–Crippen LogP) is 0.154. The Morgan fingerprint density at radius 1 is 1.57 bits per heavy atom. The summed E-state index contributed by atoms with van der Waals surface area (Å²) in [7, 11) is 0. The molecule has 0 bridgehead atoms. The summed E-state index contributed by atoms with van der Waals surface area (Å²) in [5.41, 5.74) is -0.633. The van der Waals surface area contributed by atoms with Crippen molar-refractivity contribution < 1.29 is 14.6 Å². The second-order valence-corrected chi connectivity index (χ2v) is 3.75. The quantitative estimate of drug-likeness (QED) is 0.578. The molecule has 0 aromatic heterocycles. The molecule has 1 heterocycles. The van der Waals surface area contributed by atoms with Gasteiger partial charge < -0.3 is 19.9 Å². The Labute approximate surface area is 85.6 Å². The first-order valence-corrected chi connectivity index (χ1v) is 5.35. The Hall–Kier alpha value is -0.160. The fourth-order valence-electron chi connectivity index (χ4n) is 1.50. The molecule has 1 aliphatic heterocycles. The van der Waals surface area contributed by atoms with Gasteiger partial charge in [0.15, 0.2) is 0 Å². The molecule has 0 radical (unpaired) electrons. The molecule has 1 saturated heterocycles. The maximum atomic E-state index is 9.88. The average Bonchev–Trinajstić information content (AvgIpc) is 2.59. The largest absolute Gasteiger partial charge is 0.386 e. The first-order valence-electron chi connectivity index (χ1n) is 5.35. The Morgan fingerprint density at radius 3 is 3.07 bits per heavy atom. The minimum atomic E-state index is -0.633. The third-order valence-electron chi connectivity index (χ3n) is 2.38. The number of hydrogen-bond acceptors (Lipinski definition) is 4. The molecule has 2 N–H and O–H groups in total. The van der Waals surface area contributed by atoms with E-state index in [-0.39, 0.29) is 0 Å². The fraction of sp³-hybridized carbons (Fsp3) is 1.00. The highest BCUT2D eigenvalue weighted by atomic mass is 16.5. The molecule has 0 saturated carbocycles. The summed E-state index contributed by atoms with van der Waals surface area (Å²) < 4.78 is 10.3. The van der Waals surface area contributed by atoms with Crippen LogP contribution in [0.25, 0.3) is 0 Å². The number of aliphatic hydroxyl groups is 1. The van der Waals surface area contributed by atoms with Crippen LogP contribution < -0.4 is 5.32 Å².